The molecule has 3 atom stereocenters. The van der Waals surface area contributed by atoms with Crippen molar-refractivity contribution in [2.45, 2.75) is 45.4 Å². The molecule has 0 aromatic carbocycles. The first kappa shape index (κ1) is 18.5. The van der Waals surface area contributed by atoms with E-state index in [2.05, 4.69) is 43.6 Å². The summed E-state index contributed by atoms with van der Waals surface area (Å²) in [6.45, 7) is 7.61. The third-order valence-electron chi connectivity index (χ3n) is 4.57. The molecule has 8 nitrogen and oxygen atoms in total. The Kier molecular flexibility index (Phi) is 5.63. The predicted molar refractivity (Wildman–Crippen MR) is 99.1 cm³/mol. The normalized spacial score (nSPS) is 21.7. The highest BCUT2D eigenvalue weighted by Crippen LogP contribution is 2.25. The Morgan fingerprint density at radius 2 is 1.73 bits per heavy atom. The Hall–Kier alpha value is -2.32. The van der Waals surface area contributed by atoms with Crippen LogP contribution in [0.4, 0.5) is 11.6 Å². The van der Waals surface area contributed by atoms with Crippen LogP contribution in [0, 0.1) is 0 Å². The summed E-state index contributed by atoms with van der Waals surface area (Å²) in [5.41, 5.74) is 0. The standard InChI is InChI=1S/C18H26N6O2/c1-12-10-23(16-4-8-20-18(22-16)14(3)26)11-13(2)24(12)17-5-7-19-15(21-17)6-9-25/h4-5,7-8,12-14,25-26H,6,9-11H2,1-3H3/t12-,13-,14-/m1/s1. The van der Waals surface area contributed by atoms with Crippen LogP contribution in [-0.4, -0.2) is 61.9 Å². The van der Waals surface area contributed by atoms with Gasteiger partial charge in [-0.1, -0.05) is 0 Å². The molecule has 2 aromatic rings. The predicted octanol–water partition coefficient (Wildman–Crippen LogP) is 0.958. The van der Waals surface area contributed by atoms with Gasteiger partial charge in [0.05, 0.1) is 6.61 Å². The maximum atomic E-state index is 9.73. The monoisotopic (exact) mass is 358 g/mol. The number of hydrogen-bond donors (Lipinski definition) is 2. The van der Waals surface area contributed by atoms with Crippen LogP contribution in [0.25, 0.3) is 0 Å². The van der Waals surface area contributed by atoms with Gasteiger partial charge in [0.15, 0.2) is 5.82 Å². The van der Waals surface area contributed by atoms with Crippen molar-refractivity contribution in [3.63, 3.8) is 0 Å². The number of aliphatic hydroxyl groups excluding tert-OH is 2. The number of aliphatic hydroxyl groups is 2. The van der Waals surface area contributed by atoms with E-state index in [1.807, 2.05) is 12.1 Å². The summed E-state index contributed by atoms with van der Waals surface area (Å²) in [4.78, 5) is 21.9. The summed E-state index contributed by atoms with van der Waals surface area (Å²) >= 11 is 0. The highest BCUT2D eigenvalue weighted by atomic mass is 16.3. The van der Waals surface area contributed by atoms with E-state index >= 15 is 0 Å². The molecule has 1 aliphatic heterocycles. The van der Waals surface area contributed by atoms with Crippen molar-refractivity contribution in [3.05, 3.63) is 36.2 Å². The van der Waals surface area contributed by atoms with Crippen LogP contribution < -0.4 is 9.80 Å². The topological polar surface area (TPSA) is 98.5 Å². The Labute approximate surface area is 153 Å². The molecule has 26 heavy (non-hydrogen) atoms. The Morgan fingerprint density at radius 3 is 2.38 bits per heavy atom. The van der Waals surface area contributed by atoms with Crippen LogP contribution in [-0.2, 0) is 6.42 Å². The number of nitrogens with zero attached hydrogens (tertiary/aromatic N) is 6. The van der Waals surface area contributed by atoms with E-state index in [4.69, 9.17) is 5.11 Å². The first-order chi connectivity index (χ1) is 12.5. The van der Waals surface area contributed by atoms with Gasteiger partial charge < -0.3 is 20.0 Å². The molecule has 0 bridgehead atoms. The SMILES string of the molecule is C[C@@H]1CN(c2ccnc([C@@H](C)O)n2)C[C@@H](C)N1c1ccnc(CCO)n1. The molecule has 0 amide bonds. The van der Waals surface area contributed by atoms with Crippen LogP contribution in [0.1, 0.15) is 38.5 Å². The summed E-state index contributed by atoms with van der Waals surface area (Å²) in [6.07, 6.45) is 3.22. The molecular weight excluding hydrogens is 332 g/mol. The summed E-state index contributed by atoms with van der Waals surface area (Å²) in [7, 11) is 0. The zero-order valence-electron chi connectivity index (χ0n) is 15.4. The Morgan fingerprint density at radius 1 is 1.08 bits per heavy atom. The van der Waals surface area contributed by atoms with E-state index in [0.29, 0.717) is 18.1 Å². The molecule has 1 fully saturated rings. The third kappa shape index (κ3) is 3.91. The van der Waals surface area contributed by atoms with Gasteiger partial charge in [0.2, 0.25) is 0 Å². The minimum absolute atomic E-state index is 0.0433. The molecule has 0 radical (unpaired) electrons. The lowest BCUT2D eigenvalue weighted by Crippen LogP contribution is -2.57. The first-order valence-corrected chi connectivity index (χ1v) is 8.96. The summed E-state index contributed by atoms with van der Waals surface area (Å²) in [6, 6.07) is 4.24. The zero-order chi connectivity index (χ0) is 18.7. The highest BCUT2D eigenvalue weighted by molar-refractivity contribution is 5.47. The molecule has 1 saturated heterocycles. The molecule has 0 aliphatic carbocycles. The highest BCUT2D eigenvalue weighted by Gasteiger charge is 2.31. The number of rotatable bonds is 5. The number of anilines is 2. The van der Waals surface area contributed by atoms with Crippen molar-refractivity contribution < 1.29 is 10.2 Å². The van der Waals surface area contributed by atoms with Crippen molar-refractivity contribution in [1.29, 1.82) is 0 Å². The van der Waals surface area contributed by atoms with Gasteiger partial charge in [0, 0.05) is 44.0 Å². The van der Waals surface area contributed by atoms with E-state index in [0.717, 1.165) is 24.7 Å². The second-order valence-corrected chi connectivity index (χ2v) is 6.76. The third-order valence-corrected chi connectivity index (χ3v) is 4.57. The van der Waals surface area contributed by atoms with Crippen LogP contribution in [0.5, 0.6) is 0 Å². The maximum absolute atomic E-state index is 9.73. The minimum atomic E-state index is -0.683. The molecule has 2 aromatic heterocycles. The summed E-state index contributed by atoms with van der Waals surface area (Å²) < 4.78 is 0. The van der Waals surface area contributed by atoms with E-state index in [9.17, 15) is 5.11 Å². The Balaban J connectivity index is 1.79. The minimum Gasteiger partial charge on any atom is -0.396 e. The molecule has 0 saturated carbocycles. The van der Waals surface area contributed by atoms with Crippen LogP contribution in [0.2, 0.25) is 0 Å². The molecule has 0 unspecified atom stereocenters. The van der Waals surface area contributed by atoms with Gasteiger partial charge in [0.25, 0.3) is 0 Å². The molecule has 3 rings (SSSR count). The zero-order valence-corrected chi connectivity index (χ0v) is 15.4. The van der Waals surface area contributed by atoms with Crippen LogP contribution in [0.15, 0.2) is 24.5 Å². The summed E-state index contributed by atoms with van der Waals surface area (Å²) in [5, 5.41) is 18.8. The average Bonchev–Trinajstić information content (AvgIpc) is 2.62. The largest absolute Gasteiger partial charge is 0.396 e. The van der Waals surface area contributed by atoms with Crippen LogP contribution >= 0.6 is 0 Å². The van der Waals surface area contributed by atoms with E-state index in [-0.39, 0.29) is 18.7 Å². The average molecular weight is 358 g/mol. The van der Waals surface area contributed by atoms with E-state index < -0.39 is 6.10 Å². The van der Waals surface area contributed by atoms with Crippen molar-refractivity contribution in [2.75, 3.05) is 29.5 Å². The van der Waals surface area contributed by atoms with Gasteiger partial charge in [0.1, 0.15) is 23.6 Å². The van der Waals surface area contributed by atoms with Crippen molar-refractivity contribution >= 4 is 11.6 Å². The Bertz CT molecular complexity index is 729. The van der Waals surface area contributed by atoms with Crippen molar-refractivity contribution in [1.82, 2.24) is 19.9 Å². The van der Waals surface area contributed by atoms with Crippen molar-refractivity contribution in [3.8, 4) is 0 Å². The lowest BCUT2D eigenvalue weighted by molar-refractivity contribution is 0.189. The molecule has 1 aliphatic rings. The fourth-order valence-electron chi connectivity index (χ4n) is 3.46. The molecule has 0 spiro atoms. The first-order valence-electron chi connectivity index (χ1n) is 8.96. The second kappa shape index (κ2) is 7.92. The molecule has 2 N–H and O–H groups in total. The van der Waals surface area contributed by atoms with Crippen molar-refractivity contribution in [2.24, 2.45) is 0 Å². The number of aromatic nitrogens is 4. The lowest BCUT2D eigenvalue weighted by atomic mass is 10.1. The smallest absolute Gasteiger partial charge is 0.158 e. The molecule has 3 heterocycles. The summed E-state index contributed by atoms with van der Waals surface area (Å²) in [5.74, 6) is 2.81. The van der Waals surface area contributed by atoms with Gasteiger partial charge >= 0.3 is 0 Å². The maximum Gasteiger partial charge on any atom is 0.158 e. The van der Waals surface area contributed by atoms with Gasteiger partial charge in [-0.25, -0.2) is 19.9 Å². The molecule has 140 valence electrons. The van der Waals surface area contributed by atoms with Gasteiger partial charge in [-0.05, 0) is 32.9 Å². The fourth-order valence-corrected chi connectivity index (χ4v) is 3.46. The number of piperazine rings is 1. The van der Waals surface area contributed by atoms with Crippen LogP contribution in [0.3, 0.4) is 0 Å². The van der Waals surface area contributed by atoms with E-state index in [1.54, 1.807) is 19.3 Å². The molecular formula is C18H26N6O2. The number of hydrogen-bond acceptors (Lipinski definition) is 8. The second-order valence-electron chi connectivity index (χ2n) is 6.76. The van der Waals surface area contributed by atoms with Gasteiger partial charge in [-0.15, -0.1) is 0 Å². The lowest BCUT2D eigenvalue weighted by Gasteiger charge is -2.45. The van der Waals surface area contributed by atoms with Gasteiger partial charge in [-0.2, -0.15) is 0 Å². The quantitative estimate of drug-likeness (QED) is 0.815. The van der Waals surface area contributed by atoms with Gasteiger partial charge in [-0.3, -0.25) is 0 Å². The van der Waals surface area contributed by atoms with E-state index in [1.165, 1.54) is 0 Å². The molecule has 8 heteroatoms. The fraction of sp³-hybridized carbons (Fsp3) is 0.556.